The number of amides is 1. The first-order chi connectivity index (χ1) is 10.4. The van der Waals surface area contributed by atoms with Crippen LogP contribution in [0, 0.1) is 0 Å². The average Bonchev–Trinajstić information content (AvgIpc) is 2.48. The van der Waals surface area contributed by atoms with Crippen molar-refractivity contribution in [3.05, 3.63) is 59.1 Å². The monoisotopic (exact) mass is 382 g/mol. The lowest BCUT2D eigenvalue weighted by Gasteiger charge is -2.17. The summed E-state index contributed by atoms with van der Waals surface area (Å²) in [6, 6.07) is 15.4. The number of nitrogens with zero attached hydrogens (tertiary/aromatic N) is 1. The molecule has 0 heterocycles. The highest BCUT2D eigenvalue weighted by molar-refractivity contribution is 9.10. The number of carbonyl (C=O) groups is 1. The molecule has 2 aromatic carbocycles. The van der Waals surface area contributed by atoms with Gasteiger partial charge in [0.05, 0.1) is 11.4 Å². The van der Waals surface area contributed by atoms with Gasteiger partial charge in [-0.1, -0.05) is 30.3 Å². The molecule has 0 saturated heterocycles. The number of halogens is 1. The first-order valence-electron chi connectivity index (χ1n) is 6.47. The molecule has 1 amide bonds. The molecule has 0 fully saturated rings. The maximum atomic E-state index is 12.5. The smallest absolute Gasteiger partial charge is 0.244 e. The van der Waals surface area contributed by atoms with Gasteiger partial charge in [0.25, 0.3) is 0 Å². The molecular weight excluding hydrogens is 368 g/mol. The van der Waals surface area contributed by atoms with Crippen molar-refractivity contribution in [3.63, 3.8) is 0 Å². The van der Waals surface area contributed by atoms with Crippen LogP contribution in [0.2, 0.25) is 0 Å². The van der Waals surface area contributed by atoms with Crippen LogP contribution in [0.3, 0.4) is 0 Å². The summed E-state index contributed by atoms with van der Waals surface area (Å²) < 4.78 is 26.4. The number of hydrogen-bond donors (Lipinski definition) is 1. The van der Waals surface area contributed by atoms with Crippen LogP contribution >= 0.6 is 15.9 Å². The molecule has 0 atom stereocenters. The fourth-order valence-electron chi connectivity index (χ4n) is 1.83. The molecule has 0 unspecified atom stereocenters. The Balaban J connectivity index is 2.10. The van der Waals surface area contributed by atoms with Gasteiger partial charge in [0.1, 0.15) is 0 Å². The molecule has 0 spiro atoms. The van der Waals surface area contributed by atoms with E-state index in [9.17, 15) is 13.2 Å². The second-order valence-electron chi connectivity index (χ2n) is 4.61. The summed E-state index contributed by atoms with van der Waals surface area (Å²) in [6.07, 6.45) is 0. The number of nitrogens with one attached hydrogen (secondary N) is 1. The van der Waals surface area contributed by atoms with Crippen molar-refractivity contribution < 1.29 is 13.2 Å². The summed E-state index contributed by atoms with van der Waals surface area (Å²) >= 11 is 3.21. The SMILES string of the molecule is CN(CC(=O)Nc1ccccc1)S(=O)(=O)c1ccccc1Br. The summed E-state index contributed by atoms with van der Waals surface area (Å²) in [5.41, 5.74) is 0.624. The predicted octanol–water partition coefficient (Wildman–Crippen LogP) is 2.71. The van der Waals surface area contributed by atoms with Gasteiger partial charge in [0.2, 0.25) is 15.9 Å². The van der Waals surface area contributed by atoms with Crippen molar-refractivity contribution in [1.29, 1.82) is 0 Å². The third-order valence-electron chi connectivity index (χ3n) is 2.95. The summed E-state index contributed by atoms with van der Waals surface area (Å²) in [6.45, 7) is -0.265. The van der Waals surface area contributed by atoms with E-state index in [-0.39, 0.29) is 11.4 Å². The van der Waals surface area contributed by atoms with Gasteiger partial charge in [-0.25, -0.2) is 8.42 Å². The molecule has 0 aromatic heterocycles. The largest absolute Gasteiger partial charge is 0.325 e. The minimum absolute atomic E-state index is 0.130. The number of para-hydroxylation sites is 1. The number of hydrogen-bond acceptors (Lipinski definition) is 3. The number of anilines is 1. The molecule has 116 valence electrons. The van der Waals surface area contributed by atoms with Crippen LogP contribution in [0.15, 0.2) is 64.0 Å². The van der Waals surface area contributed by atoms with Gasteiger partial charge in [0.15, 0.2) is 0 Å². The standard InChI is InChI=1S/C15H15BrN2O3S/c1-18(11-15(19)17-12-7-3-2-4-8-12)22(20,21)14-10-6-5-9-13(14)16/h2-10H,11H2,1H3,(H,17,19). The Bertz CT molecular complexity index is 763. The van der Waals surface area contributed by atoms with E-state index >= 15 is 0 Å². The van der Waals surface area contributed by atoms with Gasteiger partial charge in [-0.3, -0.25) is 4.79 Å². The Morgan fingerprint density at radius 1 is 1.09 bits per heavy atom. The molecule has 2 aromatic rings. The Morgan fingerprint density at radius 3 is 2.32 bits per heavy atom. The van der Waals surface area contributed by atoms with Gasteiger partial charge in [-0.15, -0.1) is 0 Å². The Kier molecular flexibility index (Phi) is 5.33. The highest BCUT2D eigenvalue weighted by Gasteiger charge is 2.24. The summed E-state index contributed by atoms with van der Waals surface area (Å²) in [5, 5.41) is 2.65. The van der Waals surface area contributed by atoms with Crippen molar-refractivity contribution >= 4 is 37.5 Å². The normalized spacial score (nSPS) is 11.4. The van der Waals surface area contributed by atoms with E-state index in [2.05, 4.69) is 21.2 Å². The first kappa shape index (κ1) is 16.7. The van der Waals surface area contributed by atoms with Crippen LogP contribution < -0.4 is 5.32 Å². The fraction of sp³-hybridized carbons (Fsp3) is 0.133. The molecule has 1 N–H and O–H groups in total. The molecule has 0 saturated carbocycles. The lowest BCUT2D eigenvalue weighted by atomic mass is 10.3. The molecule has 2 rings (SSSR count). The van der Waals surface area contributed by atoms with Crippen molar-refractivity contribution in [2.75, 3.05) is 18.9 Å². The van der Waals surface area contributed by atoms with Crippen LogP contribution in [0.25, 0.3) is 0 Å². The summed E-state index contributed by atoms with van der Waals surface area (Å²) in [5.74, 6) is -0.399. The van der Waals surface area contributed by atoms with Gasteiger partial charge < -0.3 is 5.32 Å². The molecule has 0 bridgehead atoms. The van der Waals surface area contributed by atoms with Crippen molar-refractivity contribution in [3.8, 4) is 0 Å². The fourth-order valence-corrected chi connectivity index (χ4v) is 3.92. The molecule has 0 aliphatic rings. The minimum Gasteiger partial charge on any atom is -0.325 e. The van der Waals surface area contributed by atoms with Crippen molar-refractivity contribution in [1.82, 2.24) is 4.31 Å². The topological polar surface area (TPSA) is 66.5 Å². The Morgan fingerprint density at radius 2 is 1.68 bits per heavy atom. The van der Waals surface area contributed by atoms with E-state index in [0.717, 1.165) is 4.31 Å². The maximum absolute atomic E-state index is 12.5. The average molecular weight is 383 g/mol. The number of rotatable bonds is 5. The minimum atomic E-state index is -3.73. The van der Waals surface area contributed by atoms with E-state index in [4.69, 9.17) is 0 Å². The van der Waals surface area contributed by atoms with Crippen LogP contribution in [0.1, 0.15) is 0 Å². The maximum Gasteiger partial charge on any atom is 0.244 e. The molecule has 7 heteroatoms. The Hall–Kier alpha value is -1.70. The number of benzene rings is 2. The van der Waals surface area contributed by atoms with Crippen LogP contribution in [0.5, 0.6) is 0 Å². The van der Waals surface area contributed by atoms with Crippen LogP contribution in [-0.2, 0) is 14.8 Å². The molecular formula is C15H15BrN2O3S. The zero-order valence-electron chi connectivity index (χ0n) is 11.9. The predicted molar refractivity (Wildman–Crippen MR) is 89.0 cm³/mol. The van der Waals surface area contributed by atoms with E-state index in [1.165, 1.54) is 13.1 Å². The lowest BCUT2D eigenvalue weighted by Crippen LogP contribution is -2.35. The second-order valence-corrected chi connectivity index (χ2v) is 7.47. The zero-order valence-corrected chi connectivity index (χ0v) is 14.3. The van der Waals surface area contributed by atoms with Crippen molar-refractivity contribution in [2.24, 2.45) is 0 Å². The molecule has 0 aliphatic carbocycles. The van der Waals surface area contributed by atoms with Gasteiger partial charge >= 0.3 is 0 Å². The molecule has 0 radical (unpaired) electrons. The summed E-state index contributed by atoms with van der Waals surface area (Å²) in [7, 11) is -2.36. The van der Waals surface area contributed by atoms with Crippen LogP contribution in [-0.4, -0.2) is 32.2 Å². The van der Waals surface area contributed by atoms with E-state index < -0.39 is 15.9 Å². The van der Waals surface area contributed by atoms with E-state index in [0.29, 0.717) is 10.2 Å². The van der Waals surface area contributed by atoms with Crippen molar-refractivity contribution in [2.45, 2.75) is 4.90 Å². The van der Waals surface area contributed by atoms with Crippen LogP contribution in [0.4, 0.5) is 5.69 Å². The third kappa shape index (κ3) is 3.94. The first-order valence-corrected chi connectivity index (χ1v) is 8.70. The van der Waals surface area contributed by atoms with E-state index in [1.807, 2.05) is 6.07 Å². The highest BCUT2D eigenvalue weighted by Crippen LogP contribution is 2.23. The highest BCUT2D eigenvalue weighted by atomic mass is 79.9. The zero-order chi connectivity index (χ0) is 16.2. The van der Waals surface area contributed by atoms with Gasteiger partial charge in [0, 0.05) is 17.2 Å². The lowest BCUT2D eigenvalue weighted by molar-refractivity contribution is -0.116. The number of carbonyl (C=O) groups excluding carboxylic acids is 1. The number of likely N-dealkylation sites (N-methyl/N-ethyl adjacent to an activating group) is 1. The van der Waals surface area contributed by atoms with Gasteiger partial charge in [-0.05, 0) is 40.2 Å². The van der Waals surface area contributed by atoms with Gasteiger partial charge in [-0.2, -0.15) is 4.31 Å². The van der Waals surface area contributed by atoms with E-state index in [1.54, 1.807) is 42.5 Å². The quantitative estimate of drug-likeness (QED) is 0.864. The third-order valence-corrected chi connectivity index (χ3v) is 5.76. The molecule has 0 aliphatic heterocycles. The number of sulfonamides is 1. The summed E-state index contributed by atoms with van der Waals surface area (Å²) in [4.78, 5) is 12.1. The molecule has 22 heavy (non-hydrogen) atoms. The Labute approximate surface area is 138 Å². The second kappa shape index (κ2) is 7.04. The molecule has 5 nitrogen and oxygen atoms in total.